The lowest BCUT2D eigenvalue weighted by Crippen LogP contribution is -2.07. The van der Waals surface area contributed by atoms with Crippen LogP contribution in [0.5, 0.6) is 11.5 Å². The Bertz CT molecular complexity index is 760. The number of nitrogens with zero attached hydrogens (tertiary/aromatic N) is 2. The van der Waals surface area contributed by atoms with Crippen molar-refractivity contribution >= 4 is 40.1 Å². The van der Waals surface area contributed by atoms with Crippen molar-refractivity contribution in [3.8, 4) is 11.5 Å². The van der Waals surface area contributed by atoms with E-state index in [1.807, 2.05) is 6.92 Å². The molecule has 1 amide bonds. The number of aromatic nitrogens is 2. The Balaban J connectivity index is 1.73. The number of ether oxygens (including phenoxy) is 2. The molecule has 23 heavy (non-hydrogen) atoms. The normalized spacial score (nSPS) is 13.8. The third kappa shape index (κ3) is 4.00. The molecule has 0 atom stereocenters. The first-order valence-electron chi connectivity index (χ1n) is 7.00. The average molecular weight is 352 g/mol. The molecule has 0 saturated carbocycles. The smallest absolute Gasteiger partial charge is 0.250 e. The lowest BCUT2D eigenvalue weighted by atomic mass is 10.2. The van der Waals surface area contributed by atoms with Crippen molar-refractivity contribution in [2.45, 2.75) is 13.3 Å². The number of fused-ring (bicyclic) bond motifs is 1. The summed E-state index contributed by atoms with van der Waals surface area (Å²) in [5, 5.41) is 12.0. The van der Waals surface area contributed by atoms with Crippen LogP contribution in [0, 0.1) is 6.92 Å². The maximum Gasteiger partial charge on any atom is 0.250 e. The van der Waals surface area contributed by atoms with Gasteiger partial charge in [0.05, 0.1) is 18.2 Å². The van der Waals surface area contributed by atoms with Gasteiger partial charge in [-0.2, -0.15) is 0 Å². The molecular weight excluding hydrogens is 338 g/mol. The second kappa shape index (κ2) is 6.97. The van der Waals surface area contributed by atoms with Gasteiger partial charge in [0.1, 0.15) is 5.01 Å². The predicted molar refractivity (Wildman–Crippen MR) is 89.4 cm³/mol. The highest BCUT2D eigenvalue weighted by atomic mass is 35.5. The molecule has 1 aromatic carbocycles. The van der Waals surface area contributed by atoms with E-state index in [4.69, 9.17) is 21.1 Å². The van der Waals surface area contributed by atoms with Crippen LogP contribution in [0.1, 0.15) is 17.0 Å². The number of amides is 1. The molecule has 0 saturated heterocycles. The van der Waals surface area contributed by atoms with Crippen LogP contribution in [0.15, 0.2) is 18.2 Å². The summed E-state index contributed by atoms with van der Waals surface area (Å²) < 4.78 is 11.2. The molecule has 1 aliphatic heterocycles. The molecule has 120 valence electrons. The molecule has 0 aliphatic carbocycles. The average Bonchev–Trinajstić information content (AvgIpc) is 2.78. The van der Waals surface area contributed by atoms with Crippen molar-refractivity contribution in [2.24, 2.45) is 0 Å². The minimum absolute atomic E-state index is 0.288. The van der Waals surface area contributed by atoms with Crippen molar-refractivity contribution in [1.29, 1.82) is 0 Å². The molecule has 0 spiro atoms. The van der Waals surface area contributed by atoms with Crippen molar-refractivity contribution in [3.05, 3.63) is 33.8 Å². The van der Waals surface area contributed by atoms with E-state index in [1.165, 1.54) is 17.4 Å². The van der Waals surface area contributed by atoms with E-state index in [0.29, 0.717) is 34.9 Å². The second-order valence-corrected chi connectivity index (χ2v) is 6.42. The quantitative estimate of drug-likeness (QED) is 0.859. The molecular formula is C15H14ClN3O3S. The van der Waals surface area contributed by atoms with E-state index in [9.17, 15) is 4.79 Å². The van der Waals surface area contributed by atoms with Crippen LogP contribution in [0.3, 0.4) is 0 Å². The fourth-order valence-corrected chi connectivity index (χ4v) is 2.88. The second-order valence-electron chi connectivity index (χ2n) is 4.83. The van der Waals surface area contributed by atoms with Gasteiger partial charge >= 0.3 is 0 Å². The van der Waals surface area contributed by atoms with Gasteiger partial charge in [-0.3, -0.25) is 10.1 Å². The highest BCUT2D eigenvalue weighted by molar-refractivity contribution is 7.15. The van der Waals surface area contributed by atoms with Crippen LogP contribution >= 0.6 is 22.9 Å². The van der Waals surface area contributed by atoms with Crippen molar-refractivity contribution in [1.82, 2.24) is 10.2 Å². The van der Waals surface area contributed by atoms with Crippen LogP contribution in [0.25, 0.3) is 6.08 Å². The molecule has 0 fully saturated rings. The zero-order valence-electron chi connectivity index (χ0n) is 12.3. The molecule has 8 heteroatoms. The third-order valence-corrected chi connectivity index (χ3v) is 4.04. The van der Waals surface area contributed by atoms with Gasteiger partial charge in [0.2, 0.25) is 11.0 Å². The predicted octanol–water partition coefficient (Wildman–Crippen LogP) is 3.31. The molecule has 2 aromatic rings. The first-order chi connectivity index (χ1) is 11.1. The zero-order chi connectivity index (χ0) is 16.2. The maximum atomic E-state index is 11.9. The SMILES string of the molecule is Cc1nnc(NC(=O)C=Cc2cc(Cl)c3c(c2)OCCCO3)s1. The van der Waals surface area contributed by atoms with E-state index >= 15 is 0 Å². The number of halogens is 1. The summed E-state index contributed by atoms with van der Waals surface area (Å²) in [5.41, 5.74) is 0.753. The third-order valence-electron chi connectivity index (χ3n) is 3.01. The zero-order valence-corrected chi connectivity index (χ0v) is 13.9. The number of anilines is 1. The van der Waals surface area contributed by atoms with Crippen molar-refractivity contribution < 1.29 is 14.3 Å². The molecule has 1 aromatic heterocycles. The number of aryl methyl sites for hydroxylation is 1. The fraction of sp³-hybridized carbons (Fsp3) is 0.267. The van der Waals surface area contributed by atoms with Gasteiger partial charge in [-0.05, 0) is 30.7 Å². The largest absolute Gasteiger partial charge is 0.489 e. The van der Waals surface area contributed by atoms with Gasteiger partial charge in [0.15, 0.2) is 11.5 Å². The first kappa shape index (κ1) is 15.8. The Morgan fingerprint density at radius 3 is 2.96 bits per heavy atom. The minimum Gasteiger partial charge on any atom is -0.489 e. The van der Waals surface area contributed by atoms with Crippen LogP contribution < -0.4 is 14.8 Å². The van der Waals surface area contributed by atoms with Gasteiger partial charge in [0, 0.05) is 12.5 Å². The van der Waals surface area contributed by atoms with Gasteiger partial charge in [-0.1, -0.05) is 22.9 Å². The molecule has 6 nitrogen and oxygen atoms in total. The minimum atomic E-state index is -0.288. The standard InChI is InChI=1S/C15H14ClN3O3S/c1-9-18-19-15(23-9)17-13(20)4-3-10-7-11(16)14-12(8-10)21-5-2-6-22-14/h3-4,7-8H,2,5-6H2,1H3,(H,17,19,20). The van der Waals surface area contributed by atoms with E-state index < -0.39 is 0 Å². The lowest BCUT2D eigenvalue weighted by Gasteiger charge is -2.09. The summed E-state index contributed by atoms with van der Waals surface area (Å²) in [4.78, 5) is 11.9. The first-order valence-corrected chi connectivity index (χ1v) is 8.19. The molecule has 3 rings (SSSR count). The van der Waals surface area contributed by atoms with E-state index in [-0.39, 0.29) is 5.91 Å². The number of hydrogen-bond acceptors (Lipinski definition) is 6. The molecule has 0 unspecified atom stereocenters. The summed E-state index contributed by atoms with van der Waals surface area (Å²) in [7, 11) is 0. The lowest BCUT2D eigenvalue weighted by molar-refractivity contribution is -0.111. The molecule has 1 N–H and O–H groups in total. The number of benzene rings is 1. The van der Waals surface area contributed by atoms with Crippen LogP contribution in [-0.2, 0) is 4.79 Å². The van der Waals surface area contributed by atoms with E-state index in [0.717, 1.165) is 17.0 Å². The summed E-state index contributed by atoms with van der Waals surface area (Å²) in [6.45, 7) is 2.97. The molecule has 0 bridgehead atoms. The molecule has 1 aliphatic rings. The number of hydrogen-bond donors (Lipinski definition) is 1. The van der Waals surface area contributed by atoms with Crippen LogP contribution in [-0.4, -0.2) is 29.3 Å². The van der Waals surface area contributed by atoms with Gasteiger partial charge in [-0.15, -0.1) is 10.2 Å². The topological polar surface area (TPSA) is 73.3 Å². The number of carbonyl (C=O) groups excluding carboxylic acids is 1. The van der Waals surface area contributed by atoms with E-state index in [1.54, 1.807) is 18.2 Å². The van der Waals surface area contributed by atoms with Gasteiger partial charge in [-0.25, -0.2) is 0 Å². The highest BCUT2D eigenvalue weighted by Crippen LogP contribution is 2.38. The van der Waals surface area contributed by atoms with Crippen molar-refractivity contribution in [3.63, 3.8) is 0 Å². The maximum absolute atomic E-state index is 11.9. The summed E-state index contributed by atoms with van der Waals surface area (Å²) in [6.07, 6.45) is 3.87. The number of carbonyl (C=O) groups is 1. The Hall–Kier alpha value is -2.12. The molecule has 0 radical (unpaired) electrons. The van der Waals surface area contributed by atoms with Crippen LogP contribution in [0.2, 0.25) is 5.02 Å². The molecule has 2 heterocycles. The number of nitrogens with one attached hydrogen (secondary N) is 1. The van der Waals surface area contributed by atoms with E-state index in [2.05, 4.69) is 15.5 Å². The Labute approximate surface area is 142 Å². The summed E-state index contributed by atoms with van der Waals surface area (Å²) >= 11 is 7.53. The fourth-order valence-electron chi connectivity index (χ4n) is 2.01. The van der Waals surface area contributed by atoms with Crippen LogP contribution in [0.4, 0.5) is 5.13 Å². The number of rotatable bonds is 3. The Morgan fingerprint density at radius 1 is 1.35 bits per heavy atom. The monoisotopic (exact) mass is 351 g/mol. The van der Waals surface area contributed by atoms with Gasteiger partial charge < -0.3 is 9.47 Å². The Kier molecular flexibility index (Phi) is 4.78. The van der Waals surface area contributed by atoms with Crippen molar-refractivity contribution in [2.75, 3.05) is 18.5 Å². The summed E-state index contributed by atoms with van der Waals surface area (Å²) in [5.74, 6) is 0.856. The Morgan fingerprint density at radius 2 is 2.17 bits per heavy atom. The van der Waals surface area contributed by atoms with Gasteiger partial charge in [0.25, 0.3) is 0 Å². The summed E-state index contributed by atoms with van der Waals surface area (Å²) in [6, 6.07) is 3.53. The highest BCUT2D eigenvalue weighted by Gasteiger charge is 2.15.